The molecule has 1 nitrogen and oxygen atoms in total. The smallest absolute Gasteiger partial charge is 0.126 e. The van der Waals surface area contributed by atoms with Gasteiger partial charge in [-0.05, 0) is 31.0 Å². The van der Waals surface area contributed by atoms with E-state index in [9.17, 15) is 4.39 Å². The molecule has 0 amide bonds. The molecule has 1 atom stereocenters. The molecule has 0 fully saturated rings. The van der Waals surface area contributed by atoms with Crippen molar-refractivity contribution in [2.75, 3.05) is 0 Å². The van der Waals surface area contributed by atoms with Crippen molar-refractivity contribution < 1.29 is 4.39 Å². The lowest BCUT2D eigenvalue weighted by Crippen LogP contribution is -2.05. The van der Waals surface area contributed by atoms with Crippen LogP contribution in [0.15, 0.2) is 18.2 Å². The van der Waals surface area contributed by atoms with Crippen molar-refractivity contribution in [3.05, 3.63) is 35.1 Å². The predicted octanol–water partition coefficient (Wildman–Crippen LogP) is 2.58. The maximum absolute atomic E-state index is 12.7. The molecule has 0 aliphatic rings. The molecule has 0 saturated carbocycles. The van der Waals surface area contributed by atoms with Gasteiger partial charge < -0.3 is 5.73 Å². The molecule has 68 valence electrons. The van der Waals surface area contributed by atoms with Crippen LogP contribution < -0.4 is 5.73 Å². The summed E-state index contributed by atoms with van der Waals surface area (Å²) in [5, 5.41) is 0. The molecule has 0 aliphatic carbocycles. The van der Waals surface area contributed by atoms with Crippen LogP contribution in [0.5, 0.6) is 0 Å². The summed E-state index contributed by atoms with van der Waals surface area (Å²) in [5.74, 6) is -0.172. The van der Waals surface area contributed by atoms with E-state index in [-0.39, 0.29) is 24.3 Å². The topological polar surface area (TPSA) is 26.0 Å². The zero-order valence-electron chi connectivity index (χ0n) is 7.17. The Kier molecular flexibility index (Phi) is 4.21. The van der Waals surface area contributed by atoms with Crippen molar-refractivity contribution in [2.45, 2.75) is 19.9 Å². The Labute approximate surface area is 78.2 Å². The zero-order valence-corrected chi connectivity index (χ0v) is 7.99. The van der Waals surface area contributed by atoms with Crippen molar-refractivity contribution in [3.8, 4) is 0 Å². The van der Waals surface area contributed by atoms with E-state index >= 15 is 0 Å². The molecule has 0 heterocycles. The van der Waals surface area contributed by atoms with Gasteiger partial charge in [-0.25, -0.2) is 4.39 Å². The van der Waals surface area contributed by atoms with Crippen LogP contribution >= 0.6 is 12.4 Å². The summed E-state index contributed by atoms with van der Waals surface area (Å²) in [7, 11) is 0. The monoisotopic (exact) mass is 189 g/mol. The third-order valence-corrected chi connectivity index (χ3v) is 1.71. The van der Waals surface area contributed by atoms with Crippen LogP contribution in [0.3, 0.4) is 0 Å². The molecule has 0 aliphatic heterocycles. The fraction of sp³-hybridized carbons (Fsp3) is 0.333. The van der Waals surface area contributed by atoms with E-state index in [1.807, 2.05) is 6.92 Å². The highest BCUT2D eigenvalue weighted by molar-refractivity contribution is 5.85. The van der Waals surface area contributed by atoms with Gasteiger partial charge in [0, 0.05) is 6.04 Å². The van der Waals surface area contributed by atoms with E-state index in [4.69, 9.17) is 5.73 Å². The minimum atomic E-state index is -0.172. The van der Waals surface area contributed by atoms with Crippen LogP contribution in [0.2, 0.25) is 0 Å². The van der Waals surface area contributed by atoms with Gasteiger partial charge in [0.05, 0.1) is 0 Å². The van der Waals surface area contributed by atoms with E-state index in [1.165, 1.54) is 6.07 Å². The fourth-order valence-corrected chi connectivity index (χ4v) is 0.951. The minimum absolute atomic E-state index is 0. The molecule has 2 N–H and O–H groups in total. The Bertz CT molecular complexity index is 261. The quantitative estimate of drug-likeness (QED) is 0.722. The van der Waals surface area contributed by atoms with Crippen molar-refractivity contribution in [1.29, 1.82) is 0 Å². The maximum atomic E-state index is 12.7. The number of hydrogen-bond acceptors (Lipinski definition) is 1. The van der Waals surface area contributed by atoms with Gasteiger partial charge in [-0.15, -0.1) is 12.4 Å². The zero-order chi connectivity index (χ0) is 8.43. The van der Waals surface area contributed by atoms with E-state index in [0.717, 1.165) is 5.56 Å². The third kappa shape index (κ3) is 2.47. The normalized spacial score (nSPS) is 12.0. The van der Waals surface area contributed by atoms with Crippen LogP contribution in [0.4, 0.5) is 4.39 Å². The third-order valence-electron chi connectivity index (χ3n) is 1.71. The summed E-state index contributed by atoms with van der Waals surface area (Å²) in [4.78, 5) is 0. The SMILES string of the molecule is Cc1cc(C(C)N)ccc1F.Cl. The number of halogens is 2. The molecule has 1 aromatic carbocycles. The van der Waals surface area contributed by atoms with Crippen LogP contribution in [0.25, 0.3) is 0 Å². The number of benzene rings is 1. The second-order valence-electron chi connectivity index (χ2n) is 2.80. The first-order chi connectivity index (χ1) is 5.11. The molecule has 12 heavy (non-hydrogen) atoms. The molecule has 0 aromatic heterocycles. The van der Waals surface area contributed by atoms with Gasteiger partial charge in [-0.1, -0.05) is 12.1 Å². The Morgan fingerprint density at radius 2 is 2.00 bits per heavy atom. The van der Waals surface area contributed by atoms with Crippen molar-refractivity contribution in [1.82, 2.24) is 0 Å². The summed E-state index contributed by atoms with van der Waals surface area (Å²) in [6.07, 6.45) is 0. The molecule has 0 radical (unpaired) electrons. The first-order valence-electron chi connectivity index (χ1n) is 3.63. The van der Waals surface area contributed by atoms with Gasteiger partial charge in [-0.2, -0.15) is 0 Å². The lowest BCUT2D eigenvalue weighted by molar-refractivity contribution is 0.616. The first kappa shape index (κ1) is 11.4. The second-order valence-corrected chi connectivity index (χ2v) is 2.80. The highest BCUT2D eigenvalue weighted by atomic mass is 35.5. The number of hydrogen-bond donors (Lipinski definition) is 1. The Balaban J connectivity index is 0.00000121. The first-order valence-corrected chi connectivity index (χ1v) is 3.63. The molecule has 0 bridgehead atoms. The Hall–Kier alpha value is -0.600. The highest BCUT2D eigenvalue weighted by Gasteiger charge is 2.01. The highest BCUT2D eigenvalue weighted by Crippen LogP contribution is 2.13. The molecule has 0 saturated heterocycles. The number of aryl methyl sites for hydroxylation is 1. The van der Waals surface area contributed by atoms with Crippen LogP contribution in [-0.4, -0.2) is 0 Å². The van der Waals surface area contributed by atoms with Gasteiger partial charge >= 0.3 is 0 Å². The number of rotatable bonds is 1. The van der Waals surface area contributed by atoms with E-state index in [2.05, 4.69) is 0 Å². The summed E-state index contributed by atoms with van der Waals surface area (Å²) >= 11 is 0. The van der Waals surface area contributed by atoms with Gasteiger partial charge in [0.2, 0.25) is 0 Å². The fourth-order valence-electron chi connectivity index (χ4n) is 0.951. The summed E-state index contributed by atoms with van der Waals surface area (Å²) in [6, 6.07) is 4.93. The molecular formula is C9H13ClFN. The Morgan fingerprint density at radius 1 is 1.42 bits per heavy atom. The van der Waals surface area contributed by atoms with Crippen molar-refractivity contribution >= 4 is 12.4 Å². The lowest BCUT2D eigenvalue weighted by atomic mass is 10.1. The van der Waals surface area contributed by atoms with Gasteiger partial charge in [0.25, 0.3) is 0 Å². The van der Waals surface area contributed by atoms with Crippen LogP contribution in [-0.2, 0) is 0 Å². The predicted molar refractivity (Wildman–Crippen MR) is 51.0 cm³/mol. The molecule has 0 spiro atoms. The molecular weight excluding hydrogens is 177 g/mol. The van der Waals surface area contributed by atoms with Crippen molar-refractivity contribution in [2.24, 2.45) is 5.73 Å². The summed E-state index contributed by atoms with van der Waals surface area (Å²) < 4.78 is 12.7. The van der Waals surface area contributed by atoms with Crippen LogP contribution in [0.1, 0.15) is 24.1 Å². The molecule has 3 heteroatoms. The molecule has 1 rings (SSSR count). The second kappa shape index (κ2) is 4.43. The van der Waals surface area contributed by atoms with Gasteiger partial charge in [0.15, 0.2) is 0 Å². The molecule has 1 unspecified atom stereocenters. The van der Waals surface area contributed by atoms with Crippen LogP contribution in [0, 0.1) is 12.7 Å². The lowest BCUT2D eigenvalue weighted by Gasteiger charge is -2.05. The van der Waals surface area contributed by atoms with Crippen molar-refractivity contribution in [3.63, 3.8) is 0 Å². The van der Waals surface area contributed by atoms with Gasteiger partial charge in [-0.3, -0.25) is 0 Å². The standard InChI is InChI=1S/C9H12FN.ClH/c1-6-5-8(7(2)11)3-4-9(6)10;/h3-5,7H,11H2,1-2H3;1H. The largest absolute Gasteiger partial charge is 0.324 e. The summed E-state index contributed by atoms with van der Waals surface area (Å²) in [5.41, 5.74) is 7.24. The van der Waals surface area contributed by atoms with E-state index < -0.39 is 0 Å². The van der Waals surface area contributed by atoms with E-state index in [0.29, 0.717) is 5.56 Å². The average Bonchev–Trinajstić information content (AvgIpc) is 1.94. The van der Waals surface area contributed by atoms with E-state index in [1.54, 1.807) is 19.1 Å². The average molecular weight is 190 g/mol. The van der Waals surface area contributed by atoms with Gasteiger partial charge in [0.1, 0.15) is 5.82 Å². The molecule has 1 aromatic rings. The Morgan fingerprint density at radius 3 is 2.42 bits per heavy atom. The minimum Gasteiger partial charge on any atom is -0.324 e. The summed E-state index contributed by atoms with van der Waals surface area (Å²) in [6.45, 7) is 3.62. The number of nitrogens with two attached hydrogens (primary N) is 1. The maximum Gasteiger partial charge on any atom is 0.126 e.